The Labute approximate surface area is 204 Å². The summed E-state index contributed by atoms with van der Waals surface area (Å²) in [6.45, 7) is 7.02. The van der Waals surface area contributed by atoms with Gasteiger partial charge in [-0.25, -0.2) is 0 Å². The van der Waals surface area contributed by atoms with Crippen LogP contribution in [0.3, 0.4) is 0 Å². The zero-order chi connectivity index (χ0) is 24.3. The molecule has 4 nitrogen and oxygen atoms in total. The summed E-state index contributed by atoms with van der Waals surface area (Å²) in [4.78, 5) is 28.5. The van der Waals surface area contributed by atoms with Crippen LogP contribution in [0.1, 0.15) is 48.1 Å². The summed E-state index contributed by atoms with van der Waals surface area (Å²) in [5.74, 6) is -0.119. The van der Waals surface area contributed by atoms with Gasteiger partial charge in [0.15, 0.2) is 0 Å². The molecule has 0 spiro atoms. The number of likely N-dealkylation sites (N-methyl/N-ethyl adjacent to an activating group) is 1. The summed E-state index contributed by atoms with van der Waals surface area (Å²) >= 11 is 0. The molecule has 2 amide bonds. The topological polar surface area (TPSA) is 49.4 Å². The Hall–Kier alpha value is -3.40. The van der Waals surface area contributed by atoms with Gasteiger partial charge in [0, 0.05) is 25.9 Å². The van der Waals surface area contributed by atoms with E-state index in [1.807, 2.05) is 68.4 Å². The number of amides is 2. The third kappa shape index (κ3) is 7.31. The smallest absolute Gasteiger partial charge is 0.243 e. The molecule has 1 N–H and O–H groups in total. The minimum absolute atomic E-state index is 0.00710. The van der Waals surface area contributed by atoms with Gasteiger partial charge >= 0.3 is 0 Å². The zero-order valence-corrected chi connectivity index (χ0v) is 20.6. The van der Waals surface area contributed by atoms with E-state index in [1.54, 1.807) is 4.90 Å². The fourth-order valence-electron chi connectivity index (χ4n) is 4.07. The highest BCUT2D eigenvalue weighted by molar-refractivity contribution is 5.88. The molecule has 0 bridgehead atoms. The lowest BCUT2D eigenvalue weighted by Crippen LogP contribution is -2.50. The van der Waals surface area contributed by atoms with Gasteiger partial charge in [0.05, 0.1) is 0 Å². The quantitative estimate of drug-likeness (QED) is 0.428. The molecule has 0 aliphatic carbocycles. The first-order valence-electron chi connectivity index (χ1n) is 12.2. The van der Waals surface area contributed by atoms with Gasteiger partial charge in [-0.05, 0) is 48.9 Å². The zero-order valence-electron chi connectivity index (χ0n) is 20.6. The van der Waals surface area contributed by atoms with Crippen LogP contribution < -0.4 is 5.32 Å². The maximum absolute atomic E-state index is 13.6. The number of benzene rings is 3. The fraction of sp³-hybridized carbons (Fsp3) is 0.333. The predicted molar refractivity (Wildman–Crippen MR) is 138 cm³/mol. The van der Waals surface area contributed by atoms with E-state index in [9.17, 15) is 9.59 Å². The number of rotatable bonds is 11. The van der Waals surface area contributed by atoms with Crippen molar-refractivity contribution in [3.63, 3.8) is 0 Å². The minimum atomic E-state index is -0.571. The first kappa shape index (κ1) is 25.2. The number of hydrogen-bond acceptors (Lipinski definition) is 2. The molecule has 0 saturated carbocycles. The second-order valence-electron chi connectivity index (χ2n) is 8.78. The van der Waals surface area contributed by atoms with E-state index < -0.39 is 6.04 Å². The molecule has 178 valence electrons. The molecule has 3 aromatic rings. The van der Waals surface area contributed by atoms with Crippen LogP contribution in [0.25, 0.3) is 0 Å². The minimum Gasteiger partial charge on any atom is -0.355 e. The predicted octanol–water partition coefficient (Wildman–Crippen LogP) is 5.27. The van der Waals surface area contributed by atoms with Crippen molar-refractivity contribution in [2.24, 2.45) is 0 Å². The Morgan fingerprint density at radius 2 is 1.41 bits per heavy atom. The fourth-order valence-corrected chi connectivity index (χ4v) is 4.07. The van der Waals surface area contributed by atoms with Crippen LogP contribution >= 0.6 is 0 Å². The van der Waals surface area contributed by atoms with E-state index in [2.05, 4.69) is 36.5 Å². The normalized spacial score (nSPS) is 11.6. The molecule has 3 rings (SSSR count). The molecule has 4 heteroatoms. The number of hydrogen-bond donors (Lipinski definition) is 1. The van der Waals surface area contributed by atoms with Crippen LogP contribution in [0.4, 0.5) is 0 Å². The van der Waals surface area contributed by atoms with Crippen molar-refractivity contribution in [3.05, 3.63) is 107 Å². The first-order chi connectivity index (χ1) is 16.5. The molecule has 0 fully saturated rings. The Balaban J connectivity index is 1.85. The maximum atomic E-state index is 13.6. The van der Waals surface area contributed by atoms with Crippen LogP contribution in [0, 0.1) is 6.92 Å². The van der Waals surface area contributed by atoms with Crippen LogP contribution in [0.15, 0.2) is 78.9 Å². The van der Waals surface area contributed by atoms with Crippen molar-refractivity contribution < 1.29 is 9.59 Å². The third-order valence-corrected chi connectivity index (χ3v) is 6.15. The van der Waals surface area contributed by atoms with E-state index in [-0.39, 0.29) is 11.8 Å². The Morgan fingerprint density at radius 3 is 2.03 bits per heavy atom. The van der Waals surface area contributed by atoms with Gasteiger partial charge in [-0.15, -0.1) is 0 Å². The van der Waals surface area contributed by atoms with Crippen molar-refractivity contribution >= 4 is 11.8 Å². The van der Waals surface area contributed by atoms with Crippen LogP contribution in [0.2, 0.25) is 0 Å². The SMILES string of the molecule is CCNC(=O)[C@@H](Cc1ccccc1)N(Cc1ccc(C)cc1)C(=O)CCc1ccc(CC)cc1. The highest BCUT2D eigenvalue weighted by atomic mass is 16.2. The van der Waals surface area contributed by atoms with E-state index in [1.165, 1.54) is 11.1 Å². The lowest BCUT2D eigenvalue weighted by atomic mass is 10.0. The van der Waals surface area contributed by atoms with Crippen molar-refractivity contribution in [3.8, 4) is 0 Å². The lowest BCUT2D eigenvalue weighted by Gasteiger charge is -2.31. The van der Waals surface area contributed by atoms with Crippen LogP contribution in [-0.2, 0) is 35.4 Å². The number of aryl methyl sites for hydroxylation is 3. The molecule has 0 heterocycles. The number of nitrogens with one attached hydrogen (secondary N) is 1. The van der Waals surface area contributed by atoms with Gasteiger partial charge in [-0.2, -0.15) is 0 Å². The highest BCUT2D eigenvalue weighted by Gasteiger charge is 2.29. The number of carbonyl (C=O) groups is 2. The number of nitrogens with zero attached hydrogens (tertiary/aromatic N) is 1. The van der Waals surface area contributed by atoms with Gasteiger partial charge in [-0.3, -0.25) is 9.59 Å². The molecule has 34 heavy (non-hydrogen) atoms. The molecule has 0 aliphatic heterocycles. The Morgan fingerprint density at radius 1 is 0.794 bits per heavy atom. The standard InChI is InChI=1S/C30H36N2O2/c1-4-24-15-17-25(18-16-24)19-20-29(33)32(22-27-13-11-23(3)12-14-27)28(30(34)31-5-2)21-26-9-7-6-8-10-26/h6-18,28H,4-5,19-22H2,1-3H3,(H,31,34)/t28-/m1/s1. The summed E-state index contributed by atoms with van der Waals surface area (Å²) < 4.78 is 0. The van der Waals surface area contributed by atoms with E-state index in [0.29, 0.717) is 32.4 Å². The molecule has 0 saturated heterocycles. The second-order valence-corrected chi connectivity index (χ2v) is 8.78. The average molecular weight is 457 g/mol. The van der Waals surface area contributed by atoms with Crippen molar-refractivity contribution in [1.82, 2.24) is 10.2 Å². The second kappa shape index (κ2) is 12.7. The molecule has 0 radical (unpaired) electrons. The summed E-state index contributed by atoms with van der Waals surface area (Å²) in [6, 6.07) is 26.0. The van der Waals surface area contributed by atoms with E-state index in [0.717, 1.165) is 23.1 Å². The van der Waals surface area contributed by atoms with Gasteiger partial charge in [0.25, 0.3) is 0 Å². The molecule has 1 atom stereocenters. The molecule has 0 aromatic heterocycles. The first-order valence-corrected chi connectivity index (χ1v) is 12.2. The summed E-state index contributed by atoms with van der Waals surface area (Å²) in [7, 11) is 0. The molecule has 0 aliphatic rings. The Bertz CT molecular complexity index is 1040. The van der Waals surface area contributed by atoms with E-state index in [4.69, 9.17) is 0 Å². The lowest BCUT2D eigenvalue weighted by molar-refractivity contribution is -0.141. The van der Waals surface area contributed by atoms with Crippen LogP contribution in [-0.4, -0.2) is 29.3 Å². The summed E-state index contributed by atoms with van der Waals surface area (Å²) in [5.41, 5.74) is 5.65. The molecular formula is C30H36N2O2. The summed E-state index contributed by atoms with van der Waals surface area (Å²) in [6.07, 6.45) is 2.50. The monoisotopic (exact) mass is 456 g/mol. The maximum Gasteiger partial charge on any atom is 0.243 e. The summed E-state index contributed by atoms with van der Waals surface area (Å²) in [5, 5.41) is 2.95. The highest BCUT2D eigenvalue weighted by Crippen LogP contribution is 2.17. The van der Waals surface area contributed by atoms with Gasteiger partial charge < -0.3 is 10.2 Å². The van der Waals surface area contributed by atoms with Crippen molar-refractivity contribution in [1.29, 1.82) is 0 Å². The third-order valence-electron chi connectivity index (χ3n) is 6.15. The largest absolute Gasteiger partial charge is 0.355 e. The Kier molecular flexibility index (Phi) is 9.45. The molecule has 3 aromatic carbocycles. The van der Waals surface area contributed by atoms with Gasteiger partial charge in [-0.1, -0.05) is 91.3 Å². The van der Waals surface area contributed by atoms with Gasteiger partial charge in [0.1, 0.15) is 6.04 Å². The van der Waals surface area contributed by atoms with Gasteiger partial charge in [0.2, 0.25) is 11.8 Å². The molecular weight excluding hydrogens is 420 g/mol. The van der Waals surface area contributed by atoms with E-state index >= 15 is 0 Å². The average Bonchev–Trinajstić information content (AvgIpc) is 2.87. The van der Waals surface area contributed by atoms with Crippen LogP contribution in [0.5, 0.6) is 0 Å². The molecule has 0 unspecified atom stereocenters. The number of carbonyl (C=O) groups excluding carboxylic acids is 2. The van der Waals surface area contributed by atoms with Crippen molar-refractivity contribution in [2.75, 3.05) is 6.54 Å². The van der Waals surface area contributed by atoms with Crippen molar-refractivity contribution in [2.45, 2.75) is 59.0 Å².